The van der Waals surface area contributed by atoms with Crippen LogP contribution in [0.2, 0.25) is 0 Å². The van der Waals surface area contributed by atoms with E-state index in [1.165, 1.54) is 18.4 Å². The van der Waals surface area contributed by atoms with Crippen molar-refractivity contribution in [1.29, 1.82) is 0 Å². The van der Waals surface area contributed by atoms with Gasteiger partial charge in [0.05, 0.1) is 17.3 Å². The topological polar surface area (TPSA) is 60.7 Å². The summed E-state index contributed by atoms with van der Waals surface area (Å²) in [7, 11) is 1.35. The number of aryl methyl sites for hydroxylation is 1. The van der Waals surface area contributed by atoms with Crippen molar-refractivity contribution in [2.45, 2.75) is 33.2 Å². The molecular weight excluding hydrogens is 288 g/mol. The summed E-state index contributed by atoms with van der Waals surface area (Å²) in [5.74, 6) is -0.525. The van der Waals surface area contributed by atoms with Crippen molar-refractivity contribution in [3.63, 3.8) is 0 Å². The number of nitrogens with zero attached hydrogens (tertiary/aromatic N) is 2. The van der Waals surface area contributed by atoms with Crippen LogP contribution in [-0.2, 0) is 20.9 Å². The van der Waals surface area contributed by atoms with Crippen LogP contribution in [0, 0.1) is 6.92 Å². The first-order valence-corrected chi connectivity index (χ1v) is 7.61. The van der Waals surface area contributed by atoms with Crippen LogP contribution in [0.5, 0.6) is 0 Å². The van der Waals surface area contributed by atoms with Gasteiger partial charge in [0.2, 0.25) is 5.91 Å². The van der Waals surface area contributed by atoms with E-state index in [1.807, 2.05) is 32.0 Å². The van der Waals surface area contributed by atoms with E-state index in [1.54, 1.807) is 4.57 Å². The summed E-state index contributed by atoms with van der Waals surface area (Å²) < 4.78 is 7.50. The van der Waals surface area contributed by atoms with Gasteiger partial charge in [0.15, 0.2) is 4.80 Å². The number of amides is 1. The van der Waals surface area contributed by atoms with Crippen LogP contribution in [0.25, 0.3) is 10.2 Å². The predicted molar refractivity (Wildman–Crippen MR) is 82.0 cm³/mol. The molecule has 1 amide bonds. The summed E-state index contributed by atoms with van der Waals surface area (Å²) in [5, 5.41) is 0. The number of aromatic nitrogens is 1. The van der Waals surface area contributed by atoms with Gasteiger partial charge in [-0.25, -0.2) is 0 Å². The molecule has 0 saturated heterocycles. The molecule has 112 valence electrons. The van der Waals surface area contributed by atoms with E-state index in [4.69, 9.17) is 4.74 Å². The summed E-state index contributed by atoms with van der Waals surface area (Å²) in [6.07, 6.45) is 1.16. The number of hydrogen-bond donors (Lipinski definition) is 0. The van der Waals surface area contributed by atoms with Crippen LogP contribution < -0.4 is 4.80 Å². The highest BCUT2D eigenvalue weighted by atomic mass is 32.1. The smallest absolute Gasteiger partial charge is 0.325 e. The number of ether oxygens (including phenoxy) is 1. The zero-order valence-electron chi connectivity index (χ0n) is 12.4. The van der Waals surface area contributed by atoms with Gasteiger partial charge in [-0.3, -0.25) is 9.59 Å². The quantitative estimate of drug-likeness (QED) is 0.815. The molecule has 0 saturated carbocycles. The lowest BCUT2D eigenvalue weighted by Crippen LogP contribution is -2.22. The van der Waals surface area contributed by atoms with Crippen molar-refractivity contribution >= 4 is 33.4 Å². The first-order valence-electron chi connectivity index (χ1n) is 6.80. The van der Waals surface area contributed by atoms with Crippen molar-refractivity contribution in [1.82, 2.24) is 4.57 Å². The van der Waals surface area contributed by atoms with E-state index in [-0.39, 0.29) is 18.4 Å². The molecule has 2 rings (SSSR count). The largest absolute Gasteiger partial charge is 0.468 e. The van der Waals surface area contributed by atoms with Crippen LogP contribution in [-0.4, -0.2) is 23.6 Å². The van der Waals surface area contributed by atoms with E-state index in [2.05, 4.69) is 4.99 Å². The standard InChI is InChI=1S/C15H18N2O3S/c1-4-6-12(18)16-15-17(9-13(19)20-3)14-10(2)7-5-8-11(14)21-15/h5,7-8H,4,6,9H2,1-3H3. The fourth-order valence-corrected chi connectivity index (χ4v) is 3.23. The normalized spacial score (nSPS) is 11.9. The summed E-state index contributed by atoms with van der Waals surface area (Å²) in [5.41, 5.74) is 1.97. The zero-order valence-corrected chi connectivity index (χ0v) is 13.2. The summed E-state index contributed by atoms with van der Waals surface area (Å²) in [6, 6.07) is 5.89. The average molecular weight is 306 g/mol. The van der Waals surface area contributed by atoms with Crippen LogP contribution >= 0.6 is 11.3 Å². The molecule has 0 aliphatic rings. The third-order valence-electron chi connectivity index (χ3n) is 3.10. The Morgan fingerprint density at radius 3 is 2.81 bits per heavy atom. The number of hydrogen-bond acceptors (Lipinski definition) is 4. The molecule has 0 bridgehead atoms. The summed E-state index contributed by atoms with van der Waals surface area (Å²) in [4.78, 5) is 28.1. The number of carbonyl (C=O) groups excluding carboxylic acids is 2. The van der Waals surface area contributed by atoms with E-state index < -0.39 is 0 Å². The Morgan fingerprint density at radius 2 is 2.14 bits per heavy atom. The Balaban J connectivity index is 2.63. The van der Waals surface area contributed by atoms with Gasteiger partial charge in [-0.05, 0) is 25.0 Å². The second-order valence-electron chi connectivity index (χ2n) is 4.72. The van der Waals surface area contributed by atoms with Gasteiger partial charge in [-0.1, -0.05) is 30.4 Å². The second-order valence-corrected chi connectivity index (χ2v) is 5.73. The highest BCUT2D eigenvalue weighted by Gasteiger charge is 2.13. The second kappa shape index (κ2) is 6.67. The number of para-hydroxylation sites is 1. The third-order valence-corrected chi connectivity index (χ3v) is 4.15. The molecule has 6 heteroatoms. The molecule has 1 heterocycles. The Morgan fingerprint density at radius 1 is 1.38 bits per heavy atom. The van der Waals surface area contributed by atoms with Crippen molar-refractivity contribution in [2.24, 2.45) is 4.99 Å². The van der Waals surface area contributed by atoms with Gasteiger partial charge in [-0.15, -0.1) is 0 Å². The lowest BCUT2D eigenvalue weighted by atomic mass is 10.2. The number of esters is 1. The first kappa shape index (κ1) is 15.4. The minimum atomic E-state index is -0.359. The fraction of sp³-hybridized carbons (Fsp3) is 0.400. The molecule has 0 aliphatic carbocycles. The van der Waals surface area contributed by atoms with Crippen molar-refractivity contribution in [2.75, 3.05) is 7.11 Å². The molecule has 2 aromatic rings. The highest BCUT2D eigenvalue weighted by Crippen LogP contribution is 2.21. The molecule has 5 nitrogen and oxygen atoms in total. The molecule has 1 aromatic carbocycles. The summed E-state index contributed by atoms with van der Waals surface area (Å²) in [6.45, 7) is 3.96. The number of benzene rings is 1. The van der Waals surface area contributed by atoms with Gasteiger partial charge in [0.1, 0.15) is 6.54 Å². The SMILES string of the molecule is CCCC(=O)N=c1sc2cccc(C)c2n1CC(=O)OC. The molecule has 0 radical (unpaired) electrons. The molecular formula is C15H18N2O3S. The van der Waals surface area contributed by atoms with Gasteiger partial charge < -0.3 is 9.30 Å². The predicted octanol–water partition coefficient (Wildman–Crippen LogP) is 2.41. The van der Waals surface area contributed by atoms with Crippen molar-refractivity contribution in [3.8, 4) is 0 Å². The maximum absolute atomic E-state index is 11.8. The Hall–Kier alpha value is -1.95. The van der Waals surface area contributed by atoms with Gasteiger partial charge >= 0.3 is 5.97 Å². The summed E-state index contributed by atoms with van der Waals surface area (Å²) >= 11 is 1.41. The van der Waals surface area contributed by atoms with Crippen LogP contribution in [0.1, 0.15) is 25.3 Å². The number of methoxy groups -OCH3 is 1. The number of carbonyl (C=O) groups is 2. The Kier molecular flexibility index (Phi) is 4.90. The lowest BCUT2D eigenvalue weighted by Gasteiger charge is -2.05. The molecule has 0 fully saturated rings. The maximum atomic E-state index is 11.8. The fourth-order valence-electron chi connectivity index (χ4n) is 2.11. The van der Waals surface area contributed by atoms with E-state index >= 15 is 0 Å². The lowest BCUT2D eigenvalue weighted by molar-refractivity contribution is -0.141. The molecule has 0 N–H and O–H groups in total. The zero-order chi connectivity index (χ0) is 15.4. The number of fused-ring (bicyclic) bond motifs is 1. The van der Waals surface area contributed by atoms with Gasteiger partial charge in [-0.2, -0.15) is 4.99 Å². The van der Waals surface area contributed by atoms with Crippen molar-refractivity contribution < 1.29 is 14.3 Å². The van der Waals surface area contributed by atoms with E-state index in [9.17, 15) is 9.59 Å². The molecule has 0 aliphatic heterocycles. The van der Waals surface area contributed by atoms with E-state index in [0.29, 0.717) is 11.2 Å². The van der Waals surface area contributed by atoms with Gasteiger partial charge in [0.25, 0.3) is 0 Å². The van der Waals surface area contributed by atoms with Crippen molar-refractivity contribution in [3.05, 3.63) is 28.6 Å². The number of rotatable bonds is 4. The van der Waals surface area contributed by atoms with E-state index in [0.717, 1.165) is 22.2 Å². The first-order chi connectivity index (χ1) is 10.1. The van der Waals surface area contributed by atoms with Crippen LogP contribution in [0.3, 0.4) is 0 Å². The van der Waals surface area contributed by atoms with Crippen LogP contribution in [0.15, 0.2) is 23.2 Å². The Labute approximate surface area is 126 Å². The highest BCUT2D eigenvalue weighted by molar-refractivity contribution is 7.16. The monoisotopic (exact) mass is 306 g/mol. The molecule has 21 heavy (non-hydrogen) atoms. The maximum Gasteiger partial charge on any atom is 0.325 e. The minimum Gasteiger partial charge on any atom is -0.468 e. The Bertz CT molecular complexity index is 743. The molecule has 0 atom stereocenters. The molecule has 1 aromatic heterocycles. The van der Waals surface area contributed by atoms with Crippen LogP contribution in [0.4, 0.5) is 0 Å². The third kappa shape index (κ3) is 3.39. The average Bonchev–Trinajstić information content (AvgIpc) is 2.78. The molecule has 0 spiro atoms. The molecule has 0 unspecified atom stereocenters. The minimum absolute atomic E-state index is 0.0552. The number of thiazole rings is 1. The van der Waals surface area contributed by atoms with Gasteiger partial charge in [0, 0.05) is 6.42 Å².